The maximum atomic E-state index is 12.1. The van der Waals surface area contributed by atoms with E-state index in [0.29, 0.717) is 17.8 Å². The predicted octanol–water partition coefficient (Wildman–Crippen LogP) is 4.80. The Bertz CT molecular complexity index is 722. The molecule has 0 amide bonds. The lowest BCUT2D eigenvalue weighted by Crippen LogP contribution is -2.60. The van der Waals surface area contributed by atoms with Crippen LogP contribution in [0.15, 0.2) is 34.7 Å². The molecule has 3 heteroatoms. The number of aliphatic hydroxyl groups is 2. The van der Waals surface area contributed by atoms with Crippen LogP contribution >= 0.6 is 0 Å². The second-order valence-corrected chi connectivity index (χ2v) is 10.0. The van der Waals surface area contributed by atoms with E-state index in [1.807, 2.05) is 6.26 Å². The van der Waals surface area contributed by atoms with Gasteiger partial charge in [-0.1, -0.05) is 25.5 Å². The number of aliphatic hydroxyl groups excluding tert-OH is 1. The number of hydrogen-bond acceptors (Lipinski definition) is 3. The van der Waals surface area contributed by atoms with E-state index in [9.17, 15) is 10.2 Å². The summed E-state index contributed by atoms with van der Waals surface area (Å²) in [6.45, 7) is 4.75. The molecule has 0 saturated heterocycles. The lowest BCUT2D eigenvalue weighted by atomic mass is 9.45. The third-order valence-electron chi connectivity index (χ3n) is 9.21. The van der Waals surface area contributed by atoms with Crippen LogP contribution in [0.5, 0.6) is 0 Å². The van der Waals surface area contributed by atoms with Crippen LogP contribution in [0, 0.1) is 22.7 Å². The van der Waals surface area contributed by atoms with Crippen molar-refractivity contribution in [1.82, 2.24) is 0 Å². The molecule has 4 aliphatic rings. The third-order valence-corrected chi connectivity index (χ3v) is 9.21. The van der Waals surface area contributed by atoms with E-state index in [4.69, 9.17) is 4.42 Å². The van der Waals surface area contributed by atoms with Crippen molar-refractivity contribution in [2.24, 2.45) is 22.7 Å². The standard InChI is InChI=1S/C23H32O3/c1-21-9-5-17(24)13-16(21)3-4-20-19(21)6-10-22(2)18(7-11-23(20,22)25)15-8-12-26-14-15/h3,8,12,14,17-20,24-25H,4-7,9-11,13H2,1-2H3/t17-,18+,19-,20+,21-,22+,23-/m0/s1. The zero-order valence-corrected chi connectivity index (χ0v) is 16.1. The number of fused-ring (bicyclic) bond motifs is 5. The number of furan rings is 1. The highest BCUT2D eigenvalue weighted by Crippen LogP contribution is 2.69. The summed E-state index contributed by atoms with van der Waals surface area (Å²) < 4.78 is 5.37. The maximum absolute atomic E-state index is 12.1. The molecule has 3 nitrogen and oxygen atoms in total. The first-order valence-corrected chi connectivity index (χ1v) is 10.5. The Balaban J connectivity index is 1.53. The fourth-order valence-corrected chi connectivity index (χ4v) is 7.61. The lowest BCUT2D eigenvalue weighted by molar-refractivity contribution is -0.172. The minimum Gasteiger partial charge on any atom is -0.472 e. The highest BCUT2D eigenvalue weighted by Gasteiger charge is 2.66. The van der Waals surface area contributed by atoms with Gasteiger partial charge in [0.2, 0.25) is 0 Å². The summed E-state index contributed by atoms with van der Waals surface area (Å²) in [5.74, 6) is 1.30. The highest BCUT2D eigenvalue weighted by molar-refractivity contribution is 5.31. The first-order valence-electron chi connectivity index (χ1n) is 10.5. The normalized spacial score (nSPS) is 50.5. The molecule has 0 radical (unpaired) electrons. The van der Waals surface area contributed by atoms with Crippen molar-refractivity contribution in [2.45, 2.75) is 82.8 Å². The fourth-order valence-electron chi connectivity index (χ4n) is 7.61. The summed E-state index contributed by atoms with van der Waals surface area (Å²) in [5, 5.41) is 22.2. The SMILES string of the molecule is C[C@]12CC[C@H](O)CC1=CC[C@@H]1[C@@H]2CC[C@]2(C)[C@@H](c3ccoc3)CC[C@]12O. The average molecular weight is 357 g/mol. The van der Waals surface area contributed by atoms with Gasteiger partial charge in [0.1, 0.15) is 0 Å². The summed E-state index contributed by atoms with van der Waals surface area (Å²) in [5.41, 5.74) is 2.26. The molecule has 0 unspecified atom stereocenters. The van der Waals surface area contributed by atoms with Gasteiger partial charge in [-0.2, -0.15) is 0 Å². The molecular formula is C23H32O3. The van der Waals surface area contributed by atoms with Crippen molar-refractivity contribution in [3.63, 3.8) is 0 Å². The second-order valence-electron chi connectivity index (χ2n) is 10.0. The Labute approximate surface area is 156 Å². The van der Waals surface area contributed by atoms with Gasteiger partial charge in [-0.05, 0) is 86.2 Å². The van der Waals surface area contributed by atoms with Crippen molar-refractivity contribution in [1.29, 1.82) is 0 Å². The summed E-state index contributed by atoms with van der Waals surface area (Å²) >= 11 is 0. The van der Waals surface area contributed by atoms with Crippen LogP contribution in [0.25, 0.3) is 0 Å². The molecular weight excluding hydrogens is 324 g/mol. The van der Waals surface area contributed by atoms with Crippen molar-refractivity contribution in [2.75, 3.05) is 0 Å². The lowest BCUT2D eigenvalue weighted by Gasteiger charge is -2.61. The number of hydrogen-bond donors (Lipinski definition) is 2. The Morgan fingerprint density at radius 3 is 2.69 bits per heavy atom. The zero-order chi connectivity index (χ0) is 18.2. The average Bonchev–Trinajstić information content (AvgIpc) is 3.21. The molecule has 3 saturated carbocycles. The third kappa shape index (κ3) is 2.02. The largest absolute Gasteiger partial charge is 0.472 e. The minimum atomic E-state index is -0.584. The monoisotopic (exact) mass is 356 g/mol. The molecule has 4 aliphatic carbocycles. The van der Waals surface area contributed by atoms with Gasteiger partial charge in [0, 0.05) is 5.41 Å². The van der Waals surface area contributed by atoms with Gasteiger partial charge >= 0.3 is 0 Å². The maximum Gasteiger partial charge on any atom is 0.0937 e. The van der Waals surface area contributed by atoms with Gasteiger partial charge in [0.05, 0.1) is 24.2 Å². The topological polar surface area (TPSA) is 53.6 Å². The number of allylic oxidation sites excluding steroid dienone is 1. The van der Waals surface area contributed by atoms with Crippen molar-refractivity contribution >= 4 is 0 Å². The molecule has 1 aromatic heterocycles. The molecule has 26 heavy (non-hydrogen) atoms. The summed E-state index contributed by atoms with van der Waals surface area (Å²) in [6.07, 6.45) is 13.9. The van der Waals surface area contributed by atoms with Gasteiger partial charge in [-0.15, -0.1) is 0 Å². The molecule has 5 rings (SSSR count). The summed E-state index contributed by atoms with van der Waals surface area (Å²) in [6, 6.07) is 2.09. The van der Waals surface area contributed by atoms with Crippen molar-refractivity contribution in [3.05, 3.63) is 35.8 Å². The van der Waals surface area contributed by atoms with Gasteiger partial charge in [-0.3, -0.25) is 0 Å². The molecule has 1 aromatic rings. The summed E-state index contributed by atoms with van der Waals surface area (Å²) in [4.78, 5) is 0. The zero-order valence-electron chi connectivity index (χ0n) is 16.1. The molecule has 0 aliphatic heterocycles. The first kappa shape index (κ1) is 17.1. The molecule has 1 heterocycles. The van der Waals surface area contributed by atoms with Crippen LogP contribution in [0.3, 0.4) is 0 Å². The van der Waals surface area contributed by atoms with Crippen LogP contribution in [0.2, 0.25) is 0 Å². The fraction of sp³-hybridized carbons (Fsp3) is 0.739. The molecule has 0 spiro atoms. The van der Waals surface area contributed by atoms with Crippen LogP contribution in [-0.4, -0.2) is 21.9 Å². The van der Waals surface area contributed by atoms with Crippen molar-refractivity contribution in [3.8, 4) is 0 Å². The smallest absolute Gasteiger partial charge is 0.0937 e. The van der Waals surface area contributed by atoms with Crippen LogP contribution in [0.4, 0.5) is 0 Å². The Morgan fingerprint density at radius 2 is 1.92 bits per heavy atom. The highest BCUT2D eigenvalue weighted by atomic mass is 16.3. The molecule has 142 valence electrons. The number of rotatable bonds is 1. The van der Waals surface area contributed by atoms with E-state index in [2.05, 4.69) is 26.0 Å². The van der Waals surface area contributed by atoms with E-state index >= 15 is 0 Å². The van der Waals surface area contributed by atoms with Crippen LogP contribution < -0.4 is 0 Å². The Hall–Kier alpha value is -1.06. The van der Waals surface area contributed by atoms with Gasteiger partial charge in [-0.25, -0.2) is 0 Å². The Kier molecular flexibility index (Phi) is 3.60. The molecule has 0 aromatic carbocycles. The minimum absolute atomic E-state index is 0.0616. The molecule has 3 fully saturated rings. The molecule has 7 atom stereocenters. The predicted molar refractivity (Wildman–Crippen MR) is 101 cm³/mol. The van der Waals surface area contributed by atoms with E-state index in [-0.39, 0.29) is 16.9 Å². The van der Waals surface area contributed by atoms with E-state index < -0.39 is 5.60 Å². The van der Waals surface area contributed by atoms with Crippen LogP contribution in [-0.2, 0) is 0 Å². The molecule has 0 bridgehead atoms. The Morgan fingerprint density at radius 1 is 1.08 bits per heavy atom. The van der Waals surface area contributed by atoms with Gasteiger partial charge in [0.15, 0.2) is 0 Å². The van der Waals surface area contributed by atoms with Crippen molar-refractivity contribution < 1.29 is 14.6 Å². The van der Waals surface area contributed by atoms with Gasteiger partial charge in [0.25, 0.3) is 0 Å². The quantitative estimate of drug-likeness (QED) is 0.711. The first-order chi connectivity index (χ1) is 12.4. The van der Waals surface area contributed by atoms with E-state index in [1.165, 1.54) is 17.6 Å². The molecule has 2 N–H and O–H groups in total. The van der Waals surface area contributed by atoms with E-state index in [1.54, 1.807) is 6.26 Å². The van der Waals surface area contributed by atoms with Gasteiger partial charge < -0.3 is 14.6 Å². The summed E-state index contributed by atoms with van der Waals surface area (Å²) in [7, 11) is 0. The van der Waals surface area contributed by atoms with Crippen LogP contribution in [0.1, 0.15) is 76.7 Å². The second kappa shape index (κ2) is 5.48. The van der Waals surface area contributed by atoms with E-state index in [0.717, 1.165) is 44.9 Å².